The van der Waals surface area contributed by atoms with Crippen molar-refractivity contribution in [1.82, 2.24) is 0 Å². The molecule has 0 saturated carbocycles. The first-order valence-electron chi connectivity index (χ1n) is 6.61. The summed E-state index contributed by atoms with van der Waals surface area (Å²) in [4.78, 5) is 0. The van der Waals surface area contributed by atoms with Crippen LogP contribution < -0.4 is 0 Å². The number of hydrogen-bond acceptors (Lipinski definition) is 5. The maximum Gasteiger partial charge on any atom is 0.530 e. The van der Waals surface area contributed by atoms with Crippen molar-refractivity contribution in [3.8, 4) is 0 Å². The lowest BCUT2D eigenvalue weighted by atomic mass is 10.2. The summed E-state index contributed by atoms with van der Waals surface area (Å²) in [6, 6.07) is 0. The van der Waals surface area contributed by atoms with E-state index in [9.17, 15) is 0 Å². The van der Waals surface area contributed by atoms with Crippen LogP contribution in [0.2, 0.25) is 0 Å². The minimum Gasteiger partial charge on any atom is -0.375 e. The van der Waals surface area contributed by atoms with E-state index in [1.165, 1.54) is 12.8 Å². The Kier molecular flexibility index (Phi) is 7.36. The van der Waals surface area contributed by atoms with Crippen molar-refractivity contribution in [2.75, 3.05) is 34.5 Å². The van der Waals surface area contributed by atoms with Crippen LogP contribution in [0.1, 0.15) is 32.6 Å². The summed E-state index contributed by atoms with van der Waals surface area (Å²) in [6.45, 7) is 3.58. The van der Waals surface area contributed by atoms with Gasteiger partial charge in [0, 0.05) is 21.3 Å². The summed E-state index contributed by atoms with van der Waals surface area (Å²) < 4.78 is 27.6. The average molecular weight is 278 g/mol. The molecule has 0 aliphatic carbocycles. The monoisotopic (exact) mass is 278 g/mol. The lowest BCUT2D eigenvalue weighted by molar-refractivity contribution is 0.00349. The van der Waals surface area contributed by atoms with E-state index >= 15 is 0 Å². The van der Waals surface area contributed by atoms with Crippen LogP contribution in [-0.4, -0.2) is 55.2 Å². The minimum absolute atomic E-state index is 0.103. The van der Waals surface area contributed by atoms with Gasteiger partial charge in [0.25, 0.3) is 0 Å². The van der Waals surface area contributed by atoms with E-state index in [4.69, 9.17) is 22.8 Å². The van der Waals surface area contributed by atoms with Crippen LogP contribution in [0.3, 0.4) is 0 Å². The molecule has 0 radical (unpaired) electrons. The third-order valence-electron chi connectivity index (χ3n) is 3.20. The van der Waals surface area contributed by atoms with E-state index < -0.39 is 8.80 Å². The van der Waals surface area contributed by atoms with Crippen molar-refractivity contribution >= 4 is 8.80 Å². The first-order chi connectivity index (χ1) is 8.72. The predicted molar refractivity (Wildman–Crippen MR) is 70.4 cm³/mol. The highest BCUT2D eigenvalue weighted by Gasteiger charge is 2.48. The van der Waals surface area contributed by atoms with Gasteiger partial charge in [0.2, 0.25) is 0 Å². The quantitative estimate of drug-likeness (QED) is 0.327. The van der Waals surface area contributed by atoms with E-state index in [-0.39, 0.29) is 11.8 Å². The second kappa shape index (κ2) is 8.24. The molecule has 108 valence electrons. The van der Waals surface area contributed by atoms with E-state index in [1.54, 1.807) is 21.3 Å². The average Bonchev–Trinajstić information content (AvgIpc) is 3.22. The summed E-state index contributed by atoms with van der Waals surface area (Å²) in [6.07, 6.45) is 4.61. The summed E-state index contributed by atoms with van der Waals surface area (Å²) in [5.74, 6) is 0. The van der Waals surface area contributed by atoms with Gasteiger partial charge < -0.3 is 22.8 Å². The van der Waals surface area contributed by atoms with Gasteiger partial charge in [-0.15, -0.1) is 0 Å². The molecule has 1 saturated heterocycles. The van der Waals surface area contributed by atoms with Gasteiger partial charge in [-0.25, -0.2) is 0 Å². The lowest BCUT2D eigenvalue weighted by Gasteiger charge is -2.32. The Balaban J connectivity index is 2.52. The highest BCUT2D eigenvalue weighted by Crippen LogP contribution is 2.22. The summed E-state index contributed by atoms with van der Waals surface area (Å²) >= 11 is 0. The van der Waals surface area contributed by atoms with E-state index in [0.717, 1.165) is 19.4 Å². The third kappa shape index (κ3) is 4.60. The molecule has 1 fully saturated rings. The maximum atomic E-state index is 5.91. The fraction of sp³-hybridized carbons (Fsp3) is 1.00. The first-order valence-corrected chi connectivity index (χ1v) is 8.41. The van der Waals surface area contributed by atoms with Crippen molar-refractivity contribution in [3.05, 3.63) is 0 Å². The molecule has 5 nitrogen and oxygen atoms in total. The number of rotatable bonds is 11. The normalized spacial score (nSPS) is 21.0. The number of epoxide rings is 1. The molecule has 6 heteroatoms. The molecule has 0 spiro atoms. The highest BCUT2D eigenvalue weighted by atomic mass is 28.4. The van der Waals surface area contributed by atoms with Gasteiger partial charge in [-0.1, -0.05) is 26.2 Å². The minimum atomic E-state index is -2.71. The molecule has 0 N–H and O–H groups in total. The predicted octanol–water partition coefficient (Wildman–Crippen LogP) is 1.77. The van der Waals surface area contributed by atoms with Gasteiger partial charge >= 0.3 is 8.80 Å². The van der Waals surface area contributed by atoms with Crippen molar-refractivity contribution in [2.24, 2.45) is 0 Å². The summed E-state index contributed by atoms with van der Waals surface area (Å²) in [7, 11) is 2.17. The fourth-order valence-corrected chi connectivity index (χ4v) is 4.12. The molecule has 1 heterocycles. The van der Waals surface area contributed by atoms with Gasteiger partial charge in [0.05, 0.1) is 13.2 Å². The van der Waals surface area contributed by atoms with E-state index in [1.807, 2.05) is 0 Å². The summed E-state index contributed by atoms with van der Waals surface area (Å²) in [5, 5.41) is 0. The second-order valence-electron chi connectivity index (χ2n) is 4.49. The van der Waals surface area contributed by atoms with Crippen molar-refractivity contribution in [1.29, 1.82) is 0 Å². The van der Waals surface area contributed by atoms with Gasteiger partial charge in [-0.05, 0) is 6.42 Å². The zero-order valence-corrected chi connectivity index (χ0v) is 12.9. The van der Waals surface area contributed by atoms with Crippen LogP contribution in [0.4, 0.5) is 0 Å². The Morgan fingerprint density at radius 1 is 1.17 bits per heavy atom. The smallest absolute Gasteiger partial charge is 0.375 e. The summed E-state index contributed by atoms with van der Waals surface area (Å²) in [5.41, 5.74) is -0.103. The van der Waals surface area contributed by atoms with Gasteiger partial charge in [0.15, 0.2) is 0 Å². The first kappa shape index (κ1) is 16.1. The Bertz CT molecular complexity index is 210. The second-order valence-corrected chi connectivity index (χ2v) is 7.56. The van der Waals surface area contributed by atoms with Gasteiger partial charge in [-0.2, -0.15) is 0 Å². The van der Waals surface area contributed by atoms with Crippen molar-refractivity contribution < 1.29 is 22.8 Å². The van der Waals surface area contributed by atoms with Crippen molar-refractivity contribution in [2.45, 2.75) is 44.4 Å². The van der Waals surface area contributed by atoms with Gasteiger partial charge in [-0.3, -0.25) is 0 Å². The third-order valence-corrected chi connectivity index (χ3v) is 6.15. The number of ether oxygens (including phenoxy) is 2. The largest absolute Gasteiger partial charge is 0.530 e. The molecule has 0 aromatic carbocycles. The maximum absolute atomic E-state index is 5.91. The molecule has 0 aromatic rings. The molecule has 0 amide bonds. The Labute approximate surface area is 111 Å². The molecule has 2 atom stereocenters. The topological polar surface area (TPSA) is 49.5 Å². The SMILES string of the molecule is CCCCCC(OCC1CO1)[Si](OC)(OC)OC. The molecule has 18 heavy (non-hydrogen) atoms. The Morgan fingerprint density at radius 2 is 1.78 bits per heavy atom. The number of unbranched alkanes of at least 4 members (excludes halogenated alkanes) is 2. The fourth-order valence-electron chi connectivity index (χ4n) is 1.97. The lowest BCUT2D eigenvalue weighted by Crippen LogP contribution is -2.55. The molecular formula is C12H26O5Si. The highest BCUT2D eigenvalue weighted by molar-refractivity contribution is 6.62. The molecule has 0 bridgehead atoms. The Morgan fingerprint density at radius 3 is 2.22 bits per heavy atom. The van der Waals surface area contributed by atoms with Crippen molar-refractivity contribution in [3.63, 3.8) is 0 Å². The molecular weight excluding hydrogens is 252 g/mol. The molecule has 1 aliphatic rings. The number of hydrogen-bond donors (Lipinski definition) is 0. The molecule has 1 rings (SSSR count). The van der Waals surface area contributed by atoms with E-state index in [0.29, 0.717) is 6.61 Å². The zero-order valence-electron chi connectivity index (χ0n) is 11.9. The molecule has 1 aliphatic heterocycles. The molecule has 2 unspecified atom stereocenters. The van der Waals surface area contributed by atoms with Crippen LogP contribution in [0.15, 0.2) is 0 Å². The standard InChI is InChI=1S/C12H26O5Si/c1-5-6-7-8-12(17-10-11-9-16-11)18(13-2,14-3)15-4/h11-12H,5-10H2,1-4H3. The van der Waals surface area contributed by atoms with Crippen LogP contribution in [-0.2, 0) is 22.8 Å². The van der Waals surface area contributed by atoms with Crippen LogP contribution >= 0.6 is 0 Å². The zero-order chi connectivity index (χ0) is 13.4. The Hall–Kier alpha value is 0.0169. The van der Waals surface area contributed by atoms with E-state index in [2.05, 4.69) is 6.92 Å². The van der Waals surface area contributed by atoms with Gasteiger partial charge in [0.1, 0.15) is 11.8 Å². The van der Waals surface area contributed by atoms with Crippen LogP contribution in [0.25, 0.3) is 0 Å². The van der Waals surface area contributed by atoms with Crippen LogP contribution in [0.5, 0.6) is 0 Å². The van der Waals surface area contributed by atoms with Crippen LogP contribution in [0, 0.1) is 0 Å². The molecule has 0 aromatic heterocycles.